The van der Waals surface area contributed by atoms with E-state index in [0.29, 0.717) is 11.0 Å². The Labute approximate surface area is 173 Å². The molecule has 12 nitrogen and oxygen atoms in total. The van der Waals surface area contributed by atoms with Crippen molar-refractivity contribution in [2.45, 2.75) is 44.2 Å². The molecule has 3 heterocycles. The number of hydrogen-bond acceptors (Lipinski definition) is 8. The van der Waals surface area contributed by atoms with E-state index in [2.05, 4.69) is 4.98 Å². The average molecular weight is 450 g/mol. The van der Waals surface area contributed by atoms with Crippen molar-refractivity contribution in [2.75, 3.05) is 40.9 Å². The molecule has 0 radical (unpaired) electrons. The van der Waals surface area contributed by atoms with E-state index in [4.69, 9.17) is 23.3 Å². The SMILES string of the molecule is CC1(C)OC2[C@@H](COP(=O)(O)OCC[N+](C)(C)C)O[C@@H](n3ccc(=O)[nH]c3=O)[C@H]2O1. The van der Waals surface area contributed by atoms with Crippen LogP contribution in [-0.2, 0) is 27.8 Å². The molecule has 2 saturated heterocycles. The maximum Gasteiger partial charge on any atom is 0.472 e. The maximum absolute atomic E-state index is 12.2. The van der Waals surface area contributed by atoms with Crippen LogP contribution in [0.3, 0.4) is 0 Å². The number of hydrogen-bond donors (Lipinski definition) is 2. The largest absolute Gasteiger partial charge is 0.472 e. The van der Waals surface area contributed by atoms with E-state index in [-0.39, 0.29) is 13.2 Å². The lowest BCUT2D eigenvalue weighted by molar-refractivity contribution is -0.870. The molecule has 30 heavy (non-hydrogen) atoms. The molecule has 2 N–H and O–H groups in total. The minimum atomic E-state index is -4.31. The van der Waals surface area contributed by atoms with Gasteiger partial charge in [-0.05, 0) is 13.8 Å². The fourth-order valence-electron chi connectivity index (χ4n) is 3.28. The first kappa shape index (κ1) is 23.3. The predicted octanol–water partition coefficient (Wildman–Crippen LogP) is -0.206. The molecule has 2 aliphatic heterocycles. The first-order valence-corrected chi connectivity index (χ1v) is 11.0. The van der Waals surface area contributed by atoms with Gasteiger partial charge in [-0.25, -0.2) is 9.36 Å². The Morgan fingerprint density at radius 3 is 2.53 bits per heavy atom. The van der Waals surface area contributed by atoms with Gasteiger partial charge < -0.3 is 23.6 Å². The lowest BCUT2D eigenvalue weighted by Gasteiger charge is -2.25. The molecule has 2 fully saturated rings. The number of phosphoric ester groups is 1. The Hall–Kier alpha value is -1.37. The standard InChI is InChI=1S/C17H28N3O9P/c1-17(2)28-13-11(10-26-30(23,24)25-9-8-20(3,4)5)27-15(14(13)29-17)19-7-6-12(21)18-16(19)22/h6-7,11,13-15H,8-10H2,1-5H3,(H-,18,21,22,23,24)/p+1/t11-,13?,14+,15-/m1/s1. The molecule has 0 bridgehead atoms. The zero-order chi connectivity index (χ0) is 22.3. The number of nitrogens with one attached hydrogen (secondary N) is 1. The summed E-state index contributed by atoms with van der Waals surface area (Å²) in [6, 6.07) is 1.19. The van der Waals surface area contributed by atoms with Crippen LogP contribution in [0.15, 0.2) is 21.9 Å². The summed E-state index contributed by atoms with van der Waals surface area (Å²) in [6.45, 7) is 3.66. The summed E-state index contributed by atoms with van der Waals surface area (Å²) in [6.07, 6.45) is -1.76. The number of phosphoric acid groups is 1. The highest BCUT2D eigenvalue weighted by molar-refractivity contribution is 7.47. The Kier molecular flexibility index (Phi) is 6.43. The highest BCUT2D eigenvalue weighted by Gasteiger charge is 2.56. The van der Waals surface area contributed by atoms with Crippen molar-refractivity contribution >= 4 is 7.82 Å². The second kappa shape index (κ2) is 8.29. The first-order chi connectivity index (χ1) is 13.8. The number of quaternary nitrogens is 1. The predicted molar refractivity (Wildman–Crippen MR) is 104 cm³/mol. The lowest BCUT2D eigenvalue weighted by Crippen LogP contribution is -2.37. The second-order valence-corrected chi connectivity index (χ2v) is 10.2. The number of likely N-dealkylation sites (N-methyl/N-ethyl adjacent to an activating group) is 1. The van der Waals surface area contributed by atoms with Crippen molar-refractivity contribution in [3.05, 3.63) is 33.1 Å². The summed E-state index contributed by atoms with van der Waals surface area (Å²) in [5, 5.41) is 0. The van der Waals surface area contributed by atoms with E-state index >= 15 is 0 Å². The fraction of sp³-hybridized carbons (Fsp3) is 0.765. The van der Waals surface area contributed by atoms with Gasteiger partial charge in [-0.1, -0.05) is 0 Å². The van der Waals surface area contributed by atoms with Gasteiger partial charge in [0.25, 0.3) is 5.56 Å². The smallest absolute Gasteiger partial charge is 0.346 e. The Morgan fingerprint density at radius 2 is 1.90 bits per heavy atom. The quantitative estimate of drug-likeness (QED) is 0.407. The molecule has 0 aromatic carbocycles. The van der Waals surface area contributed by atoms with Gasteiger partial charge in [0.1, 0.15) is 31.5 Å². The number of H-pyrrole nitrogens is 1. The van der Waals surface area contributed by atoms with Crippen LogP contribution in [-0.4, -0.2) is 83.9 Å². The highest BCUT2D eigenvalue weighted by Crippen LogP contribution is 2.47. The molecule has 0 spiro atoms. The molecular formula is C17H29N3O9P+. The molecule has 170 valence electrons. The van der Waals surface area contributed by atoms with Crippen LogP contribution in [0.4, 0.5) is 0 Å². The van der Waals surface area contributed by atoms with Crippen molar-refractivity contribution in [2.24, 2.45) is 0 Å². The molecule has 0 amide bonds. The molecule has 0 aliphatic carbocycles. The number of aromatic amines is 1. The van der Waals surface area contributed by atoms with Crippen molar-refractivity contribution in [1.82, 2.24) is 9.55 Å². The number of rotatable bonds is 8. The van der Waals surface area contributed by atoms with E-state index in [0.717, 1.165) is 0 Å². The third kappa shape index (κ3) is 5.65. The number of fused-ring (bicyclic) bond motifs is 1. The Bertz CT molecular complexity index is 922. The molecule has 5 atom stereocenters. The molecule has 1 aromatic heterocycles. The summed E-state index contributed by atoms with van der Waals surface area (Å²) < 4.78 is 41.7. The van der Waals surface area contributed by atoms with Crippen LogP contribution in [0.5, 0.6) is 0 Å². The van der Waals surface area contributed by atoms with Crippen LogP contribution in [0.2, 0.25) is 0 Å². The van der Waals surface area contributed by atoms with Crippen LogP contribution >= 0.6 is 7.82 Å². The molecule has 2 unspecified atom stereocenters. The molecule has 0 saturated carbocycles. The van der Waals surface area contributed by atoms with E-state index in [1.54, 1.807) is 13.8 Å². The van der Waals surface area contributed by atoms with Gasteiger partial charge in [-0.2, -0.15) is 0 Å². The monoisotopic (exact) mass is 450 g/mol. The van der Waals surface area contributed by atoms with Crippen molar-refractivity contribution in [1.29, 1.82) is 0 Å². The fourth-order valence-corrected chi connectivity index (χ4v) is 4.00. The first-order valence-electron chi connectivity index (χ1n) is 9.51. The molecule has 1 aromatic rings. The average Bonchev–Trinajstić information content (AvgIpc) is 3.05. The Morgan fingerprint density at radius 1 is 1.23 bits per heavy atom. The van der Waals surface area contributed by atoms with Gasteiger partial charge in [0.15, 0.2) is 12.0 Å². The molecular weight excluding hydrogens is 421 g/mol. The summed E-state index contributed by atoms with van der Waals surface area (Å²) in [4.78, 5) is 35.7. The van der Waals surface area contributed by atoms with Gasteiger partial charge in [0.05, 0.1) is 27.7 Å². The number of ether oxygens (including phenoxy) is 3. The van der Waals surface area contributed by atoms with Crippen LogP contribution in [0, 0.1) is 0 Å². The van der Waals surface area contributed by atoms with E-state index in [1.165, 1.54) is 16.8 Å². The summed E-state index contributed by atoms with van der Waals surface area (Å²) in [7, 11) is 1.47. The number of aromatic nitrogens is 2. The Balaban J connectivity index is 1.70. The topological polar surface area (TPSA) is 138 Å². The number of nitrogens with zero attached hydrogens (tertiary/aromatic N) is 2. The summed E-state index contributed by atoms with van der Waals surface area (Å²) >= 11 is 0. The van der Waals surface area contributed by atoms with Gasteiger partial charge in [-0.15, -0.1) is 0 Å². The second-order valence-electron chi connectivity index (χ2n) is 8.76. The third-order valence-electron chi connectivity index (χ3n) is 4.67. The van der Waals surface area contributed by atoms with Crippen molar-refractivity contribution in [3.63, 3.8) is 0 Å². The van der Waals surface area contributed by atoms with Gasteiger partial charge in [0.2, 0.25) is 0 Å². The van der Waals surface area contributed by atoms with Crippen LogP contribution < -0.4 is 11.2 Å². The zero-order valence-electron chi connectivity index (χ0n) is 17.6. The maximum atomic E-state index is 12.2. The van der Waals surface area contributed by atoms with Crippen molar-refractivity contribution in [3.8, 4) is 0 Å². The molecule has 2 aliphatic rings. The van der Waals surface area contributed by atoms with E-state index in [9.17, 15) is 19.0 Å². The third-order valence-corrected chi connectivity index (χ3v) is 5.65. The minimum absolute atomic E-state index is 0.0386. The normalized spacial score (nSPS) is 30.2. The minimum Gasteiger partial charge on any atom is -0.346 e. The van der Waals surface area contributed by atoms with E-state index < -0.39 is 49.4 Å². The summed E-state index contributed by atoms with van der Waals surface area (Å²) in [5.41, 5.74) is -1.21. The van der Waals surface area contributed by atoms with E-state index in [1.807, 2.05) is 21.1 Å². The van der Waals surface area contributed by atoms with Gasteiger partial charge in [-0.3, -0.25) is 23.4 Å². The van der Waals surface area contributed by atoms with Crippen LogP contribution in [0.1, 0.15) is 20.1 Å². The zero-order valence-corrected chi connectivity index (χ0v) is 18.5. The molecule has 13 heteroatoms. The molecule has 3 rings (SSSR count). The highest BCUT2D eigenvalue weighted by atomic mass is 31.2. The lowest BCUT2D eigenvalue weighted by atomic mass is 10.1. The van der Waals surface area contributed by atoms with Gasteiger partial charge >= 0.3 is 13.5 Å². The summed E-state index contributed by atoms with van der Waals surface area (Å²) in [5.74, 6) is -0.953. The van der Waals surface area contributed by atoms with Gasteiger partial charge in [0, 0.05) is 12.3 Å². The van der Waals surface area contributed by atoms with Crippen LogP contribution in [0.25, 0.3) is 0 Å². The van der Waals surface area contributed by atoms with Crippen molar-refractivity contribution < 1.29 is 37.2 Å².